The maximum absolute atomic E-state index is 12.8. The van der Waals surface area contributed by atoms with Crippen LogP contribution in [0.1, 0.15) is 47.1 Å². The summed E-state index contributed by atoms with van der Waals surface area (Å²) in [7, 11) is 1.48. The molecule has 1 heterocycles. The average molecular weight is 457 g/mol. The van der Waals surface area contributed by atoms with Crippen LogP contribution in [0.25, 0.3) is 11.3 Å². The number of aromatic nitrogens is 1. The van der Waals surface area contributed by atoms with Crippen LogP contribution in [0.2, 0.25) is 0 Å². The molecule has 0 spiro atoms. The summed E-state index contributed by atoms with van der Waals surface area (Å²) in [5.41, 5.74) is 7.22. The van der Waals surface area contributed by atoms with Crippen LogP contribution in [-0.4, -0.2) is 46.3 Å². The Morgan fingerprint density at radius 3 is 2.03 bits per heavy atom. The molecular weight excluding hydrogens is 424 g/mol. The van der Waals surface area contributed by atoms with Crippen molar-refractivity contribution in [3.05, 3.63) is 42.1 Å². The monoisotopic (exact) mass is 456 g/mol. The Hall–Kier alpha value is -3.62. The number of pyridine rings is 1. The molecule has 0 bridgehead atoms. The number of imide groups is 1. The lowest BCUT2D eigenvalue weighted by Gasteiger charge is -2.28. The highest BCUT2D eigenvalue weighted by Gasteiger charge is 2.34. The highest BCUT2D eigenvalue weighted by Crippen LogP contribution is 2.32. The van der Waals surface area contributed by atoms with E-state index in [1.54, 1.807) is 59.9 Å². The third kappa shape index (κ3) is 7.48. The van der Waals surface area contributed by atoms with Gasteiger partial charge in [-0.3, -0.25) is 4.98 Å². The molecule has 0 aliphatic rings. The Labute approximate surface area is 194 Å². The van der Waals surface area contributed by atoms with Crippen LogP contribution in [-0.2, 0) is 9.47 Å². The first-order valence-electron chi connectivity index (χ1n) is 10.4. The fourth-order valence-electron chi connectivity index (χ4n) is 2.68. The molecule has 2 amide bonds. The van der Waals surface area contributed by atoms with Crippen LogP contribution < -0.4 is 10.5 Å². The third-order valence-corrected chi connectivity index (χ3v) is 4.01. The van der Waals surface area contributed by atoms with E-state index >= 15 is 0 Å². The van der Waals surface area contributed by atoms with E-state index in [0.29, 0.717) is 16.3 Å². The summed E-state index contributed by atoms with van der Waals surface area (Å²) in [6.07, 6.45) is -0.305. The number of carbonyl (C=O) groups excluding carboxylic acids is 2. The number of hydrogen-bond donors (Lipinski definition) is 1. The second-order valence-electron chi connectivity index (χ2n) is 9.37. The van der Waals surface area contributed by atoms with Gasteiger partial charge in [-0.05, 0) is 84.4 Å². The second kappa shape index (κ2) is 9.89. The van der Waals surface area contributed by atoms with Gasteiger partial charge in [0.05, 0.1) is 12.8 Å². The maximum atomic E-state index is 12.8. The Morgan fingerprint density at radius 2 is 1.55 bits per heavy atom. The molecular formula is C24H32N4O5. The van der Waals surface area contributed by atoms with Crippen molar-refractivity contribution in [3.8, 4) is 17.0 Å². The standard InChI is InChI=1S/C24H32N4O5/c1-15-11-12-26-17(13-15)16-9-10-19(31-8)18(14-16)27-20(25)28(21(29)32-23(2,3)4)22(30)33-24(5,6)7/h9-14H,1-8H3,(H2,25,27). The Bertz CT molecular complexity index is 1020. The number of aliphatic imine (C=N–C) groups is 1. The average Bonchev–Trinajstić information content (AvgIpc) is 2.65. The molecule has 0 aliphatic carbocycles. The molecule has 2 rings (SSSR count). The predicted octanol–water partition coefficient (Wildman–Crippen LogP) is 5.18. The van der Waals surface area contributed by atoms with Crippen LogP contribution in [0.4, 0.5) is 15.3 Å². The van der Waals surface area contributed by atoms with E-state index in [1.165, 1.54) is 7.11 Å². The highest BCUT2D eigenvalue weighted by molar-refractivity contribution is 6.08. The van der Waals surface area contributed by atoms with E-state index < -0.39 is 29.3 Å². The summed E-state index contributed by atoms with van der Waals surface area (Å²) in [5, 5.41) is 0. The van der Waals surface area contributed by atoms with Gasteiger partial charge in [0.2, 0.25) is 5.96 Å². The molecule has 0 fully saturated rings. The minimum atomic E-state index is -1.01. The van der Waals surface area contributed by atoms with Crippen molar-refractivity contribution >= 4 is 23.8 Å². The van der Waals surface area contributed by atoms with Gasteiger partial charge in [0.1, 0.15) is 22.6 Å². The highest BCUT2D eigenvalue weighted by atomic mass is 16.6. The molecule has 1 aromatic carbocycles. The first kappa shape index (κ1) is 25.6. The molecule has 0 saturated heterocycles. The number of nitrogens with zero attached hydrogens (tertiary/aromatic N) is 3. The third-order valence-electron chi connectivity index (χ3n) is 4.01. The molecule has 1 aromatic heterocycles. The molecule has 2 aromatic rings. The number of hydrogen-bond acceptors (Lipinski definition) is 7. The van der Waals surface area contributed by atoms with Gasteiger partial charge >= 0.3 is 12.2 Å². The minimum absolute atomic E-state index is 0.299. The summed E-state index contributed by atoms with van der Waals surface area (Å²) in [6.45, 7) is 12.0. The molecule has 0 atom stereocenters. The van der Waals surface area contributed by atoms with Crippen molar-refractivity contribution in [2.45, 2.75) is 59.7 Å². The number of rotatable bonds is 3. The zero-order valence-electron chi connectivity index (χ0n) is 20.4. The van der Waals surface area contributed by atoms with Crippen LogP contribution in [0.5, 0.6) is 5.75 Å². The fraction of sp³-hybridized carbons (Fsp3) is 0.417. The zero-order valence-corrected chi connectivity index (χ0v) is 20.4. The van der Waals surface area contributed by atoms with Crippen LogP contribution >= 0.6 is 0 Å². The van der Waals surface area contributed by atoms with E-state index in [9.17, 15) is 9.59 Å². The Kier molecular flexibility index (Phi) is 7.68. The largest absolute Gasteiger partial charge is 0.494 e. The van der Waals surface area contributed by atoms with Gasteiger partial charge in [-0.15, -0.1) is 4.90 Å². The Morgan fingerprint density at radius 1 is 0.970 bits per heavy atom. The fourth-order valence-corrected chi connectivity index (χ4v) is 2.68. The molecule has 0 aliphatic heterocycles. The van der Waals surface area contributed by atoms with Gasteiger partial charge in [0.25, 0.3) is 0 Å². The first-order valence-corrected chi connectivity index (χ1v) is 10.4. The van der Waals surface area contributed by atoms with Crippen molar-refractivity contribution in [1.82, 2.24) is 9.88 Å². The topological polar surface area (TPSA) is 116 Å². The van der Waals surface area contributed by atoms with E-state index in [0.717, 1.165) is 16.8 Å². The lowest BCUT2D eigenvalue weighted by Crippen LogP contribution is -2.49. The molecule has 178 valence electrons. The molecule has 9 heteroatoms. The van der Waals surface area contributed by atoms with E-state index in [1.807, 2.05) is 25.1 Å². The molecule has 0 radical (unpaired) electrons. The van der Waals surface area contributed by atoms with Crippen LogP contribution in [0.15, 0.2) is 41.5 Å². The maximum Gasteiger partial charge on any atom is 0.427 e. The summed E-state index contributed by atoms with van der Waals surface area (Å²) in [5.74, 6) is -0.0335. The number of benzene rings is 1. The minimum Gasteiger partial charge on any atom is -0.494 e. The van der Waals surface area contributed by atoms with Crippen molar-refractivity contribution < 1.29 is 23.8 Å². The number of nitrogens with two attached hydrogens (primary N) is 1. The van der Waals surface area contributed by atoms with Crippen LogP contribution in [0.3, 0.4) is 0 Å². The van der Waals surface area contributed by atoms with Crippen molar-refractivity contribution in [3.63, 3.8) is 0 Å². The van der Waals surface area contributed by atoms with Crippen molar-refractivity contribution in [1.29, 1.82) is 0 Å². The molecule has 0 saturated carbocycles. The van der Waals surface area contributed by atoms with Gasteiger partial charge < -0.3 is 19.9 Å². The van der Waals surface area contributed by atoms with E-state index in [2.05, 4.69) is 9.98 Å². The molecule has 2 N–H and O–H groups in total. The molecule has 9 nitrogen and oxygen atoms in total. The summed E-state index contributed by atoms with van der Waals surface area (Å²) >= 11 is 0. The normalized spacial score (nSPS) is 12.2. The van der Waals surface area contributed by atoms with Gasteiger partial charge in [-0.2, -0.15) is 0 Å². The van der Waals surface area contributed by atoms with Crippen molar-refractivity contribution in [2.75, 3.05) is 7.11 Å². The first-order chi connectivity index (χ1) is 15.2. The van der Waals surface area contributed by atoms with Crippen molar-refractivity contribution in [2.24, 2.45) is 10.7 Å². The number of methoxy groups -OCH3 is 1. The van der Waals surface area contributed by atoms with E-state index in [4.69, 9.17) is 19.9 Å². The zero-order chi connectivity index (χ0) is 25.0. The van der Waals surface area contributed by atoms with Gasteiger partial charge in [0, 0.05) is 11.8 Å². The van der Waals surface area contributed by atoms with E-state index in [-0.39, 0.29) is 0 Å². The number of aryl methyl sites for hydroxylation is 1. The lowest BCUT2D eigenvalue weighted by molar-refractivity contribution is 0.0145. The number of guanidine groups is 1. The molecule has 0 unspecified atom stereocenters. The summed E-state index contributed by atoms with van der Waals surface area (Å²) < 4.78 is 16.1. The number of ether oxygens (including phenoxy) is 3. The number of carbonyl (C=O) groups is 2. The quantitative estimate of drug-likeness (QED) is 0.499. The van der Waals surface area contributed by atoms with Gasteiger partial charge in [0.15, 0.2) is 0 Å². The predicted molar refractivity (Wildman–Crippen MR) is 127 cm³/mol. The number of amides is 2. The summed E-state index contributed by atoms with van der Waals surface area (Å²) in [4.78, 5) is 34.8. The SMILES string of the molecule is COc1ccc(-c2cc(C)ccn2)cc1N=C(N)N(C(=O)OC(C)(C)C)C(=O)OC(C)(C)C. The summed E-state index contributed by atoms with van der Waals surface area (Å²) in [6, 6.07) is 9.05. The lowest BCUT2D eigenvalue weighted by atomic mass is 10.1. The Balaban J connectivity index is 2.54. The van der Waals surface area contributed by atoms with Gasteiger partial charge in [-0.25, -0.2) is 14.6 Å². The molecule has 33 heavy (non-hydrogen) atoms. The second-order valence-corrected chi connectivity index (χ2v) is 9.37. The van der Waals surface area contributed by atoms with Crippen LogP contribution in [0, 0.1) is 6.92 Å². The van der Waals surface area contributed by atoms with Gasteiger partial charge in [-0.1, -0.05) is 0 Å². The smallest absolute Gasteiger partial charge is 0.427 e.